The number of carbonyl (C=O) groups excluding carboxylic acids is 2. The van der Waals surface area contributed by atoms with Crippen LogP contribution in [0.3, 0.4) is 0 Å². The van der Waals surface area contributed by atoms with Gasteiger partial charge in [-0.3, -0.25) is 0 Å². The Hall–Kier alpha value is -1.70. The maximum Gasteiger partial charge on any atom is 0.468 e. The molecule has 0 aliphatic heterocycles. The smallest absolute Gasteiger partial charge is 0.461 e. The molecule has 0 heterocycles. The third kappa shape index (κ3) is 6.15. The first kappa shape index (κ1) is 24.3. The van der Waals surface area contributed by atoms with Crippen LogP contribution in [0.2, 0.25) is 0 Å². The maximum atomic E-state index is 13.5. The summed E-state index contributed by atoms with van der Waals surface area (Å²) in [4.78, 5) is 23.8. The van der Waals surface area contributed by atoms with E-state index in [1.807, 2.05) is 0 Å². The summed E-state index contributed by atoms with van der Waals surface area (Å²) in [5.74, 6) is -6.88. The molecule has 1 rings (SSSR count). The molecule has 8 nitrogen and oxygen atoms in total. The van der Waals surface area contributed by atoms with Crippen LogP contribution in [0, 0.1) is 0 Å². The summed E-state index contributed by atoms with van der Waals surface area (Å²) in [6, 6.07) is -0.535. The standard InChI is InChI=1S/C14H20F5NO7S/c1-2-25-10(21)13(14(17,18)19,26-8-12(15,16)28(23)24)27-11(22)20-9-6-4-3-5-7-9/h9,28H,2-8H2,1H3,(H,20,22). The third-order valence-corrected chi connectivity index (χ3v) is 4.46. The molecule has 0 aromatic heterocycles. The van der Waals surface area contributed by atoms with Crippen molar-refractivity contribution in [2.75, 3.05) is 13.2 Å². The lowest BCUT2D eigenvalue weighted by Crippen LogP contribution is -2.60. The quantitative estimate of drug-likeness (QED) is 0.257. The van der Waals surface area contributed by atoms with Crippen molar-refractivity contribution < 1.29 is 54.2 Å². The van der Waals surface area contributed by atoms with Crippen LogP contribution in [0.15, 0.2) is 0 Å². The first-order chi connectivity index (χ1) is 12.9. The lowest BCUT2D eigenvalue weighted by Gasteiger charge is -2.33. The van der Waals surface area contributed by atoms with Gasteiger partial charge in [-0.15, -0.1) is 0 Å². The summed E-state index contributed by atoms with van der Waals surface area (Å²) in [5, 5.41) is -2.64. The van der Waals surface area contributed by atoms with Gasteiger partial charge in [-0.05, 0) is 19.8 Å². The predicted molar refractivity (Wildman–Crippen MR) is 83.1 cm³/mol. The van der Waals surface area contributed by atoms with Gasteiger partial charge in [0.15, 0.2) is 0 Å². The fraction of sp³-hybridized carbons (Fsp3) is 0.857. The highest BCUT2D eigenvalue weighted by atomic mass is 32.2. The molecule has 14 heteroatoms. The van der Waals surface area contributed by atoms with Crippen molar-refractivity contribution >= 4 is 22.8 Å². The molecule has 1 saturated carbocycles. The highest BCUT2D eigenvalue weighted by molar-refractivity contribution is 7.73. The summed E-state index contributed by atoms with van der Waals surface area (Å²) in [6.45, 7) is -1.90. The van der Waals surface area contributed by atoms with Gasteiger partial charge in [-0.2, -0.15) is 22.0 Å². The molecular formula is C14H20F5NO7S. The van der Waals surface area contributed by atoms with Gasteiger partial charge in [0.2, 0.25) is 10.7 Å². The Bertz CT molecular complexity index is 626. The second-order valence-corrected chi connectivity index (χ2v) is 7.08. The van der Waals surface area contributed by atoms with Crippen molar-refractivity contribution in [3.05, 3.63) is 0 Å². The summed E-state index contributed by atoms with van der Waals surface area (Å²) in [5.41, 5.74) is 0. The van der Waals surface area contributed by atoms with E-state index >= 15 is 0 Å². The number of alkyl carbamates (subject to hydrolysis) is 1. The second kappa shape index (κ2) is 9.67. The molecule has 1 amide bonds. The zero-order chi connectivity index (χ0) is 21.6. The maximum absolute atomic E-state index is 13.5. The van der Waals surface area contributed by atoms with E-state index in [0.29, 0.717) is 25.7 Å². The monoisotopic (exact) mass is 441 g/mol. The number of hydrogen-bond donors (Lipinski definition) is 2. The van der Waals surface area contributed by atoms with E-state index in [-0.39, 0.29) is 0 Å². The Kier molecular flexibility index (Phi) is 8.41. The zero-order valence-electron chi connectivity index (χ0n) is 14.7. The molecule has 0 spiro atoms. The van der Waals surface area contributed by atoms with Gasteiger partial charge in [-0.25, -0.2) is 18.0 Å². The highest BCUT2D eigenvalue weighted by Gasteiger charge is 2.68. The van der Waals surface area contributed by atoms with Gasteiger partial charge >= 0.3 is 29.3 Å². The molecule has 1 aliphatic carbocycles. The lowest BCUT2D eigenvalue weighted by atomic mass is 9.96. The summed E-state index contributed by atoms with van der Waals surface area (Å²) < 4.78 is 100. The number of amides is 1. The average molecular weight is 441 g/mol. The number of rotatable bonds is 8. The Balaban J connectivity index is 3.12. The summed E-state index contributed by atoms with van der Waals surface area (Å²) in [7, 11) is -4.53. The first-order valence-electron chi connectivity index (χ1n) is 8.25. The predicted octanol–water partition coefficient (Wildman–Crippen LogP) is 2.09. The Labute approximate surface area is 158 Å². The van der Waals surface area contributed by atoms with E-state index in [1.165, 1.54) is 0 Å². The van der Waals surface area contributed by atoms with Crippen molar-refractivity contribution in [1.82, 2.24) is 5.32 Å². The molecule has 0 saturated heterocycles. The molecule has 1 unspecified atom stereocenters. The topological polar surface area (TPSA) is 108 Å². The fourth-order valence-corrected chi connectivity index (χ4v) is 2.60. The van der Waals surface area contributed by atoms with Gasteiger partial charge in [0.1, 0.15) is 6.61 Å². The van der Waals surface area contributed by atoms with Crippen molar-refractivity contribution in [1.29, 1.82) is 0 Å². The van der Waals surface area contributed by atoms with Crippen LogP contribution in [0.5, 0.6) is 0 Å². The highest BCUT2D eigenvalue weighted by Crippen LogP contribution is 2.38. The van der Waals surface area contributed by atoms with Gasteiger partial charge < -0.3 is 19.5 Å². The van der Waals surface area contributed by atoms with Crippen molar-refractivity contribution in [2.45, 2.75) is 62.3 Å². The number of alkyl halides is 5. The third-order valence-electron chi connectivity index (χ3n) is 3.80. The van der Waals surface area contributed by atoms with E-state index in [0.717, 1.165) is 13.3 Å². The van der Waals surface area contributed by atoms with Crippen molar-refractivity contribution in [3.8, 4) is 0 Å². The van der Waals surface area contributed by atoms with E-state index in [1.54, 1.807) is 0 Å². The number of carbonyl (C=O) groups is 2. The van der Waals surface area contributed by atoms with Crippen LogP contribution in [0.1, 0.15) is 39.0 Å². The van der Waals surface area contributed by atoms with Crippen LogP contribution in [-0.4, -0.2) is 57.0 Å². The zero-order valence-corrected chi connectivity index (χ0v) is 15.6. The Morgan fingerprint density at radius 1 is 1.07 bits per heavy atom. The van der Waals surface area contributed by atoms with Gasteiger partial charge in [-0.1, -0.05) is 19.3 Å². The molecule has 0 radical (unpaired) electrons. The van der Waals surface area contributed by atoms with Gasteiger partial charge in [0.05, 0.1) is 6.61 Å². The number of nitrogens with one attached hydrogen (secondary N) is 1. The molecule has 1 N–H and O–H groups in total. The average Bonchev–Trinajstić information content (AvgIpc) is 2.58. The minimum atomic E-state index is -5.84. The Morgan fingerprint density at radius 3 is 2.11 bits per heavy atom. The largest absolute Gasteiger partial charge is 0.468 e. The summed E-state index contributed by atoms with van der Waals surface area (Å²) in [6.07, 6.45) is -4.42. The number of esters is 1. The van der Waals surface area contributed by atoms with Gasteiger partial charge in [0, 0.05) is 6.04 Å². The number of thiol groups is 1. The number of ether oxygens (including phenoxy) is 3. The molecule has 164 valence electrons. The first-order valence-corrected chi connectivity index (χ1v) is 9.43. The normalized spacial score (nSPS) is 18.4. The molecule has 1 fully saturated rings. The minimum Gasteiger partial charge on any atom is -0.461 e. The van der Waals surface area contributed by atoms with E-state index in [2.05, 4.69) is 19.5 Å². The van der Waals surface area contributed by atoms with E-state index in [9.17, 15) is 40.0 Å². The molecule has 0 aromatic rings. The molecule has 28 heavy (non-hydrogen) atoms. The summed E-state index contributed by atoms with van der Waals surface area (Å²) >= 11 is 0. The second-order valence-electron chi connectivity index (χ2n) is 5.92. The SMILES string of the molecule is CCOC(=O)C(OCC(F)(F)[SH](=O)=O)(OC(=O)NC1CCCCC1)C(F)(F)F. The molecule has 0 aromatic carbocycles. The number of hydrogen-bond acceptors (Lipinski definition) is 7. The molecule has 0 bridgehead atoms. The lowest BCUT2D eigenvalue weighted by molar-refractivity contribution is -0.355. The van der Waals surface area contributed by atoms with Crippen molar-refractivity contribution in [2.24, 2.45) is 0 Å². The van der Waals surface area contributed by atoms with Crippen LogP contribution in [-0.2, 0) is 29.7 Å². The van der Waals surface area contributed by atoms with Crippen LogP contribution in [0.25, 0.3) is 0 Å². The number of halogens is 5. The van der Waals surface area contributed by atoms with E-state index in [4.69, 9.17) is 0 Å². The molecule has 1 aliphatic rings. The van der Waals surface area contributed by atoms with Gasteiger partial charge in [0.25, 0.3) is 0 Å². The van der Waals surface area contributed by atoms with Crippen molar-refractivity contribution in [3.63, 3.8) is 0 Å². The van der Waals surface area contributed by atoms with Crippen LogP contribution in [0.4, 0.5) is 26.7 Å². The Morgan fingerprint density at radius 2 is 1.64 bits per heavy atom. The van der Waals surface area contributed by atoms with E-state index < -0.39 is 59.2 Å². The molecular weight excluding hydrogens is 421 g/mol. The van der Waals surface area contributed by atoms with Crippen LogP contribution >= 0.6 is 0 Å². The minimum absolute atomic E-state index is 0.448. The van der Waals surface area contributed by atoms with Crippen LogP contribution < -0.4 is 5.32 Å². The molecule has 1 atom stereocenters. The fourth-order valence-electron chi connectivity index (χ4n) is 2.43.